The topological polar surface area (TPSA) is 34.1 Å². The van der Waals surface area contributed by atoms with Crippen LogP contribution < -0.4 is 0 Å². The summed E-state index contributed by atoms with van der Waals surface area (Å²) in [6.07, 6.45) is 11.8. The van der Waals surface area contributed by atoms with E-state index in [4.69, 9.17) is 0 Å². The van der Waals surface area contributed by atoms with Gasteiger partial charge in [0.25, 0.3) is 0 Å². The van der Waals surface area contributed by atoms with E-state index < -0.39 is 0 Å². The Bertz CT molecular complexity index is 597. The predicted molar refractivity (Wildman–Crippen MR) is 86.2 cm³/mol. The smallest absolute Gasteiger partial charge is 0.156 e. The van der Waals surface area contributed by atoms with Crippen molar-refractivity contribution in [3.63, 3.8) is 0 Å². The fraction of sp³-hybridized carbons (Fsp3) is 0.700. The quantitative estimate of drug-likeness (QED) is 0.725. The first-order chi connectivity index (χ1) is 10.5. The Labute approximate surface area is 133 Å². The summed E-state index contributed by atoms with van der Waals surface area (Å²) >= 11 is 0. The Morgan fingerprint density at radius 2 is 2.00 bits per heavy atom. The van der Waals surface area contributed by atoms with Crippen molar-refractivity contribution in [3.05, 3.63) is 23.3 Å². The molecule has 0 unspecified atom stereocenters. The standard InChI is InChI=1S/C20H26O2/c1-12(21)18-7-8-19-17-5-3-13-11-14(22)4-6-15(13)16(17)9-10-20(18,19)2/h7,11,15-17,19H,3-6,8-10H2,1-2H3/t15-,16+,17+,19-,20+/m0/s1. The summed E-state index contributed by atoms with van der Waals surface area (Å²) in [7, 11) is 0. The number of hydrogen-bond donors (Lipinski definition) is 0. The van der Waals surface area contributed by atoms with Crippen LogP contribution >= 0.6 is 0 Å². The first kappa shape index (κ1) is 14.4. The minimum absolute atomic E-state index is 0.124. The second-order valence-electron chi connectivity index (χ2n) is 8.17. The SMILES string of the molecule is CC(=O)C1=CC[C@H]2[C@@H]3CCC4=CC(=O)CC[C@@H]4[C@H]3CC[C@]12C. The van der Waals surface area contributed by atoms with Crippen LogP contribution in [0.25, 0.3) is 0 Å². The molecule has 22 heavy (non-hydrogen) atoms. The van der Waals surface area contributed by atoms with Crippen LogP contribution in [0.2, 0.25) is 0 Å². The predicted octanol–water partition coefficient (Wildman–Crippen LogP) is 4.25. The largest absolute Gasteiger partial charge is 0.295 e. The maximum Gasteiger partial charge on any atom is 0.156 e. The van der Waals surface area contributed by atoms with E-state index in [9.17, 15) is 9.59 Å². The van der Waals surface area contributed by atoms with Gasteiger partial charge in [-0.2, -0.15) is 0 Å². The van der Waals surface area contributed by atoms with E-state index in [-0.39, 0.29) is 11.2 Å². The van der Waals surface area contributed by atoms with E-state index in [1.807, 2.05) is 6.08 Å². The van der Waals surface area contributed by atoms with Crippen molar-refractivity contribution in [2.24, 2.45) is 29.1 Å². The number of Topliss-reactive ketones (excluding diaryl/α,β-unsaturated/α-hetero) is 1. The van der Waals surface area contributed by atoms with E-state index in [1.165, 1.54) is 18.4 Å². The lowest BCUT2D eigenvalue weighted by Crippen LogP contribution is -2.46. The van der Waals surface area contributed by atoms with Crippen molar-refractivity contribution in [1.82, 2.24) is 0 Å². The summed E-state index contributed by atoms with van der Waals surface area (Å²) in [6.45, 7) is 4.07. The molecule has 2 saturated carbocycles. The number of rotatable bonds is 1. The molecule has 0 aliphatic heterocycles. The third-order valence-corrected chi connectivity index (χ3v) is 7.26. The summed E-state index contributed by atoms with van der Waals surface area (Å²) in [5.74, 6) is 3.44. The normalized spacial score (nSPS) is 43.6. The lowest BCUT2D eigenvalue weighted by atomic mass is 9.51. The van der Waals surface area contributed by atoms with Crippen LogP contribution in [-0.2, 0) is 9.59 Å². The Balaban J connectivity index is 1.63. The molecular formula is C20H26O2. The molecule has 5 atom stereocenters. The molecule has 2 nitrogen and oxygen atoms in total. The molecule has 0 aromatic heterocycles. The molecule has 0 N–H and O–H groups in total. The molecular weight excluding hydrogens is 272 g/mol. The molecule has 0 aromatic carbocycles. The van der Waals surface area contributed by atoms with Crippen molar-refractivity contribution in [1.29, 1.82) is 0 Å². The molecule has 0 spiro atoms. The number of allylic oxidation sites excluding steroid dienone is 4. The highest BCUT2D eigenvalue weighted by atomic mass is 16.1. The van der Waals surface area contributed by atoms with Crippen molar-refractivity contribution in [2.45, 2.75) is 58.8 Å². The third kappa shape index (κ3) is 1.92. The highest BCUT2D eigenvalue weighted by molar-refractivity contribution is 5.95. The van der Waals surface area contributed by atoms with Crippen LogP contribution in [0.4, 0.5) is 0 Å². The maximum atomic E-state index is 12.0. The maximum absolute atomic E-state index is 12.0. The van der Waals surface area contributed by atoms with Gasteiger partial charge in [-0.05, 0) is 86.2 Å². The van der Waals surface area contributed by atoms with Crippen molar-refractivity contribution in [3.8, 4) is 0 Å². The van der Waals surface area contributed by atoms with Gasteiger partial charge in [0, 0.05) is 6.42 Å². The Kier molecular flexibility index (Phi) is 3.22. The zero-order valence-corrected chi connectivity index (χ0v) is 13.7. The lowest BCUT2D eigenvalue weighted by molar-refractivity contribution is -0.117. The molecule has 0 saturated heterocycles. The van der Waals surface area contributed by atoms with E-state index >= 15 is 0 Å². The summed E-state index contributed by atoms with van der Waals surface area (Å²) in [5.41, 5.74) is 2.67. The first-order valence-corrected chi connectivity index (χ1v) is 8.95. The van der Waals surface area contributed by atoms with E-state index in [0.717, 1.165) is 49.5 Å². The van der Waals surface area contributed by atoms with Gasteiger partial charge in [0.05, 0.1) is 0 Å². The minimum Gasteiger partial charge on any atom is -0.295 e. The van der Waals surface area contributed by atoms with Crippen LogP contribution in [0.5, 0.6) is 0 Å². The van der Waals surface area contributed by atoms with E-state index in [1.54, 1.807) is 6.92 Å². The van der Waals surface area contributed by atoms with Crippen LogP contribution in [0.15, 0.2) is 23.3 Å². The minimum atomic E-state index is 0.124. The zero-order valence-electron chi connectivity index (χ0n) is 13.7. The number of fused-ring (bicyclic) bond motifs is 5. The van der Waals surface area contributed by atoms with Crippen molar-refractivity contribution < 1.29 is 9.59 Å². The molecule has 4 aliphatic rings. The molecule has 0 radical (unpaired) electrons. The molecule has 0 amide bonds. The molecule has 4 rings (SSSR count). The molecule has 0 bridgehead atoms. The van der Waals surface area contributed by atoms with Gasteiger partial charge in [-0.15, -0.1) is 0 Å². The molecule has 2 heteroatoms. The summed E-state index contributed by atoms with van der Waals surface area (Å²) < 4.78 is 0. The van der Waals surface area contributed by atoms with Gasteiger partial charge in [0.1, 0.15) is 0 Å². The van der Waals surface area contributed by atoms with Crippen LogP contribution in [0, 0.1) is 29.1 Å². The first-order valence-electron chi connectivity index (χ1n) is 8.95. The van der Waals surface area contributed by atoms with Crippen LogP contribution in [0.3, 0.4) is 0 Å². The van der Waals surface area contributed by atoms with E-state index in [0.29, 0.717) is 17.6 Å². The Morgan fingerprint density at radius 3 is 2.77 bits per heavy atom. The highest BCUT2D eigenvalue weighted by Crippen LogP contribution is 2.61. The van der Waals surface area contributed by atoms with Gasteiger partial charge in [-0.1, -0.05) is 18.6 Å². The van der Waals surface area contributed by atoms with Gasteiger partial charge in [-0.25, -0.2) is 0 Å². The molecule has 2 fully saturated rings. The van der Waals surface area contributed by atoms with Crippen LogP contribution in [-0.4, -0.2) is 11.6 Å². The van der Waals surface area contributed by atoms with E-state index in [2.05, 4.69) is 13.0 Å². The third-order valence-electron chi connectivity index (χ3n) is 7.26. The summed E-state index contributed by atoms with van der Waals surface area (Å²) in [4.78, 5) is 23.7. The Morgan fingerprint density at radius 1 is 1.18 bits per heavy atom. The molecule has 0 heterocycles. The molecule has 0 aromatic rings. The van der Waals surface area contributed by atoms with Gasteiger partial charge in [0.15, 0.2) is 11.6 Å². The second-order valence-corrected chi connectivity index (χ2v) is 8.17. The van der Waals surface area contributed by atoms with Gasteiger partial charge < -0.3 is 0 Å². The second kappa shape index (κ2) is 4.91. The van der Waals surface area contributed by atoms with Crippen LogP contribution in [0.1, 0.15) is 58.8 Å². The molecule has 4 aliphatic carbocycles. The summed E-state index contributed by atoms with van der Waals surface area (Å²) in [5, 5.41) is 0. The number of carbonyl (C=O) groups excluding carboxylic acids is 2. The highest BCUT2D eigenvalue weighted by Gasteiger charge is 2.54. The molecule has 118 valence electrons. The van der Waals surface area contributed by atoms with Gasteiger partial charge >= 0.3 is 0 Å². The zero-order chi connectivity index (χ0) is 15.5. The summed E-state index contributed by atoms with van der Waals surface area (Å²) in [6, 6.07) is 0. The van der Waals surface area contributed by atoms with Crippen molar-refractivity contribution in [2.75, 3.05) is 0 Å². The monoisotopic (exact) mass is 298 g/mol. The Hall–Kier alpha value is -1.18. The fourth-order valence-corrected chi connectivity index (χ4v) is 6.29. The van der Waals surface area contributed by atoms with Crippen molar-refractivity contribution >= 4 is 11.6 Å². The number of hydrogen-bond acceptors (Lipinski definition) is 2. The lowest BCUT2D eigenvalue weighted by Gasteiger charge is -2.53. The number of ketones is 2. The average Bonchev–Trinajstić information content (AvgIpc) is 2.84. The number of carbonyl (C=O) groups is 2. The van der Waals surface area contributed by atoms with Gasteiger partial charge in [-0.3, -0.25) is 9.59 Å². The van der Waals surface area contributed by atoms with Gasteiger partial charge in [0.2, 0.25) is 0 Å². The fourth-order valence-electron chi connectivity index (χ4n) is 6.29. The average molecular weight is 298 g/mol.